The van der Waals surface area contributed by atoms with E-state index in [0.717, 1.165) is 54.5 Å². The highest BCUT2D eigenvalue weighted by atomic mass is 35.5. The second-order valence-corrected chi connectivity index (χ2v) is 8.29. The number of ether oxygens (including phenoxy) is 1. The van der Waals surface area contributed by atoms with Gasteiger partial charge >= 0.3 is 0 Å². The molecule has 1 saturated heterocycles. The van der Waals surface area contributed by atoms with Gasteiger partial charge in [-0.25, -0.2) is 0 Å². The first-order chi connectivity index (χ1) is 15.1. The maximum atomic E-state index is 12.5. The van der Waals surface area contributed by atoms with Gasteiger partial charge in [0.1, 0.15) is 5.75 Å². The van der Waals surface area contributed by atoms with Crippen molar-refractivity contribution >= 4 is 17.5 Å². The van der Waals surface area contributed by atoms with Crippen LogP contribution in [0, 0.1) is 0 Å². The lowest BCUT2D eigenvalue weighted by molar-refractivity contribution is 0.0913. The summed E-state index contributed by atoms with van der Waals surface area (Å²) >= 11 is 6.11. The molecular weight excluding hydrogens is 414 g/mol. The first-order valence-corrected chi connectivity index (χ1v) is 10.8. The molecule has 1 aliphatic heterocycles. The molecule has 1 fully saturated rings. The fourth-order valence-electron chi connectivity index (χ4n) is 3.97. The maximum Gasteiger partial charge on any atom is 0.290 e. The van der Waals surface area contributed by atoms with Crippen LogP contribution in [0.15, 0.2) is 59.1 Å². The highest BCUT2D eigenvalue weighted by Gasteiger charge is 2.25. The standard InChI is InChI=1S/C24H26ClN3O3/c1-30-21-9-3-5-17(12-21)14-26-24(29)23-13-22(27-31-23)19-7-4-10-28(16-19)15-18-6-2-8-20(25)11-18/h2-3,5-6,8-9,11-13,19H,4,7,10,14-16H2,1H3,(H,26,29)/t19-/m0/s1. The molecule has 31 heavy (non-hydrogen) atoms. The predicted octanol–water partition coefficient (Wildman–Crippen LogP) is 4.65. The van der Waals surface area contributed by atoms with Crippen LogP contribution in [0.4, 0.5) is 0 Å². The van der Waals surface area contributed by atoms with Crippen molar-refractivity contribution in [3.63, 3.8) is 0 Å². The summed E-state index contributed by atoms with van der Waals surface area (Å²) in [6.45, 7) is 3.16. The number of halogens is 1. The van der Waals surface area contributed by atoms with Gasteiger partial charge in [0.25, 0.3) is 5.91 Å². The van der Waals surface area contributed by atoms with E-state index in [0.29, 0.717) is 6.54 Å². The van der Waals surface area contributed by atoms with Gasteiger partial charge in [0.2, 0.25) is 5.76 Å². The Morgan fingerprint density at radius 3 is 2.90 bits per heavy atom. The van der Waals surface area contributed by atoms with Gasteiger partial charge in [-0.3, -0.25) is 9.69 Å². The molecule has 0 spiro atoms. The normalized spacial score (nSPS) is 16.8. The number of carbonyl (C=O) groups is 1. The Kier molecular flexibility index (Phi) is 6.89. The summed E-state index contributed by atoms with van der Waals surface area (Å²) in [5.41, 5.74) is 2.99. The van der Waals surface area contributed by atoms with Crippen LogP contribution < -0.4 is 10.1 Å². The molecule has 6 nitrogen and oxygen atoms in total. The Morgan fingerprint density at radius 2 is 2.06 bits per heavy atom. The fraction of sp³-hybridized carbons (Fsp3) is 0.333. The van der Waals surface area contributed by atoms with Gasteiger partial charge in [0, 0.05) is 36.6 Å². The number of aromatic nitrogens is 1. The number of rotatable bonds is 7. The first kappa shape index (κ1) is 21.4. The van der Waals surface area contributed by atoms with Gasteiger partial charge in [0.05, 0.1) is 12.8 Å². The number of benzene rings is 2. The third kappa shape index (κ3) is 5.66. The first-order valence-electron chi connectivity index (χ1n) is 10.5. The van der Waals surface area contributed by atoms with E-state index >= 15 is 0 Å². The molecule has 7 heteroatoms. The van der Waals surface area contributed by atoms with Crippen LogP contribution in [0.25, 0.3) is 0 Å². The third-order valence-corrected chi connectivity index (χ3v) is 5.79. The SMILES string of the molecule is COc1cccc(CNC(=O)c2cc([C@H]3CCCN(Cc4cccc(Cl)c4)C3)no2)c1. The van der Waals surface area contributed by atoms with Crippen molar-refractivity contribution in [3.05, 3.63) is 82.2 Å². The molecule has 1 N–H and O–H groups in total. The topological polar surface area (TPSA) is 67.6 Å². The molecular formula is C24H26ClN3O3. The van der Waals surface area contributed by atoms with Crippen LogP contribution in [-0.2, 0) is 13.1 Å². The van der Waals surface area contributed by atoms with Gasteiger partial charge < -0.3 is 14.6 Å². The molecule has 162 valence electrons. The van der Waals surface area contributed by atoms with Crippen LogP contribution in [0.2, 0.25) is 5.02 Å². The highest BCUT2D eigenvalue weighted by molar-refractivity contribution is 6.30. The summed E-state index contributed by atoms with van der Waals surface area (Å²) in [7, 11) is 1.62. The van der Waals surface area contributed by atoms with E-state index in [4.69, 9.17) is 20.9 Å². The maximum absolute atomic E-state index is 12.5. The highest BCUT2D eigenvalue weighted by Crippen LogP contribution is 2.28. The molecule has 0 bridgehead atoms. The number of methoxy groups -OCH3 is 1. The van der Waals surface area contributed by atoms with Crippen LogP contribution in [0.5, 0.6) is 5.75 Å². The predicted molar refractivity (Wildman–Crippen MR) is 119 cm³/mol. The summed E-state index contributed by atoms with van der Waals surface area (Å²) in [5.74, 6) is 0.975. The minimum absolute atomic E-state index is 0.241. The summed E-state index contributed by atoms with van der Waals surface area (Å²) in [6.07, 6.45) is 2.11. The lowest BCUT2D eigenvalue weighted by Gasteiger charge is -2.31. The molecule has 2 aromatic carbocycles. The van der Waals surface area contributed by atoms with Crippen molar-refractivity contribution in [1.82, 2.24) is 15.4 Å². The van der Waals surface area contributed by atoms with Crippen molar-refractivity contribution in [2.24, 2.45) is 0 Å². The van der Waals surface area contributed by atoms with Gasteiger partial charge in [-0.15, -0.1) is 0 Å². The van der Waals surface area contributed by atoms with Gasteiger partial charge in [0.15, 0.2) is 0 Å². The summed E-state index contributed by atoms with van der Waals surface area (Å²) in [4.78, 5) is 14.9. The van der Waals surface area contributed by atoms with E-state index in [-0.39, 0.29) is 17.6 Å². The van der Waals surface area contributed by atoms with E-state index in [1.165, 1.54) is 5.56 Å². The molecule has 1 aliphatic rings. The van der Waals surface area contributed by atoms with Crippen molar-refractivity contribution in [1.29, 1.82) is 0 Å². The minimum Gasteiger partial charge on any atom is -0.497 e. The van der Waals surface area contributed by atoms with Crippen LogP contribution in [0.3, 0.4) is 0 Å². The summed E-state index contributed by atoms with van der Waals surface area (Å²) < 4.78 is 10.6. The smallest absolute Gasteiger partial charge is 0.290 e. The summed E-state index contributed by atoms with van der Waals surface area (Å²) in [6, 6.07) is 17.3. The van der Waals surface area contributed by atoms with Gasteiger partial charge in [-0.1, -0.05) is 41.0 Å². The fourth-order valence-corrected chi connectivity index (χ4v) is 4.19. The molecule has 0 radical (unpaired) electrons. The molecule has 1 amide bonds. The number of likely N-dealkylation sites (tertiary alicyclic amines) is 1. The van der Waals surface area contributed by atoms with E-state index < -0.39 is 0 Å². The molecule has 1 aromatic heterocycles. The van der Waals surface area contributed by atoms with Crippen molar-refractivity contribution in [3.8, 4) is 5.75 Å². The van der Waals surface area contributed by atoms with Crippen LogP contribution in [0.1, 0.15) is 46.1 Å². The number of nitrogens with zero attached hydrogens (tertiary/aromatic N) is 2. The van der Waals surface area contributed by atoms with E-state index in [1.54, 1.807) is 13.2 Å². The Bertz CT molecular complexity index is 1040. The zero-order valence-corrected chi connectivity index (χ0v) is 18.3. The number of carbonyl (C=O) groups excluding carboxylic acids is 1. The Morgan fingerprint density at radius 1 is 1.23 bits per heavy atom. The average Bonchev–Trinajstić information content (AvgIpc) is 3.28. The third-order valence-electron chi connectivity index (χ3n) is 5.56. The molecule has 0 aliphatic carbocycles. The summed E-state index contributed by atoms with van der Waals surface area (Å²) in [5, 5.41) is 7.83. The Balaban J connectivity index is 1.34. The van der Waals surface area contributed by atoms with Gasteiger partial charge in [-0.05, 0) is 54.8 Å². The zero-order valence-electron chi connectivity index (χ0n) is 17.5. The number of hydrogen-bond acceptors (Lipinski definition) is 5. The van der Waals surface area contributed by atoms with Crippen LogP contribution in [-0.4, -0.2) is 36.2 Å². The molecule has 0 saturated carbocycles. The number of piperidine rings is 1. The second-order valence-electron chi connectivity index (χ2n) is 7.85. The van der Waals surface area contributed by atoms with Crippen LogP contribution >= 0.6 is 11.6 Å². The average molecular weight is 440 g/mol. The molecule has 0 unspecified atom stereocenters. The number of amides is 1. The number of hydrogen-bond donors (Lipinski definition) is 1. The zero-order chi connectivity index (χ0) is 21.6. The second kappa shape index (κ2) is 9.98. The molecule has 3 aromatic rings. The molecule has 2 heterocycles. The molecule has 1 atom stereocenters. The lowest BCUT2D eigenvalue weighted by Crippen LogP contribution is -2.34. The van der Waals surface area contributed by atoms with E-state index in [9.17, 15) is 4.79 Å². The van der Waals surface area contributed by atoms with Crippen molar-refractivity contribution in [2.45, 2.75) is 31.8 Å². The molecule has 4 rings (SSSR count). The number of nitrogens with one attached hydrogen (secondary N) is 1. The van der Waals surface area contributed by atoms with Crippen molar-refractivity contribution in [2.75, 3.05) is 20.2 Å². The Hall–Kier alpha value is -2.83. The van der Waals surface area contributed by atoms with Gasteiger partial charge in [-0.2, -0.15) is 0 Å². The quantitative estimate of drug-likeness (QED) is 0.580. The minimum atomic E-state index is -0.270. The van der Waals surface area contributed by atoms with E-state index in [1.807, 2.05) is 42.5 Å². The lowest BCUT2D eigenvalue weighted by atomic mass is 9.94. The van der Waals surface area contributed by atoms with E-state index in [2.05, 4.69) is 21.4 Å². The Labute approximate surface area is 187 Å². The largest absolute Gasteiger partial charge is 0.497 e. The van der Waals surface area contributed by atoms with Crippen molar-refractivity contribution < 1.29 is 14.1 Å². The monoisotopic (exact) mass is 439 g/mol.